The molecule has 192 valence electrons. The van der Waals surface area contributed by atoms with E-state index in [9.17, 15) is 14.7 Å². The van der Waals surface area contributed by atoms with Crippen LogP contribution in [0.1, 0.15) is 51.7 Å². The second-order valence-corrected chi connectivity index (χ2v) is 9.78. The molecule has 2 fully saturated rings. The summed E-state index contributed by atoms with van der Waals surface area (Å²) in [5.74, 6) is -0.247. The van der Waals surface area contributed by atoms with Gasteiger partial charge < -0.3 is 30.1 Å². The number of morpholine rings is 1. The number of rotatable bonds is 9. The number of carbonyl (C=O) groups excluding carboxylic acids is 2. The van der Waals surface area contributed by atoms with Crippen molar-refractivity contribution in [1.29, 1.82) is 0 Å². The van der Waals surface area contributed by atoms with Crippen LogP contribution in [0.5, 0.6) is 5.75 Å². The zero-order chi connectivity index (χ0) is 25.1. The zero-order valence-electron chi connectivity index (χ0n) is 20.6. The minimum Gasteiger partial charge on any atom is -0.493 e. The summed E-state index contributed by atoms with van der Waals surface area (Å²) in [6.07, 6.45) is 4.39. The first-order valence-electron chi connectivity index (χ1n) is 12.8. The smallest absolute Gasteiger partial charge is 0.273 e. The highest BCUT2D eigenvalue weighted by atomic mass is 16.5. The number of aliphatic hydroxyl groups excluding tert-OH is 1. The van der Waals surface area contributed by atoms with E-state index in [2.05, 4.69) is 27.8 Å². The van der Waals surface area contributed by atoms with Crippen LogP contribution in [0.3, 0.4) is 0 Å². The average Bonchev–Trinajstić information content (AvgIpc) is 3.42. The molecule has 0 saturated carbocycles. The van der Waals surface area contributed by atoms with Gasteiger partial charge in [0.15, 0.2) is 0 Å². The normalized spacial score (nSPS) is 21.8. The predicted molar refractivity (Wildman–Crippen MR) is 133 cm³/mol. The molecule has 2 amide bonds. The monoisotopic (exact) mass is 494 g/mol. The van der Waals surface area contributed by atoms with E-state index >= 15 is 0 Å². The molecule has 2 bridgehead atoms. The van der Waals surface area contributed by atoms with Gasteiger partial charge in [-0.15, -0.1) is 0 Å². The highest BCUT2D eigenvalue weighted by molar-refractivity contribution is 5.99. The van der Waals surface area contributed by atoms with Gasteiger partial charge in [-0.3, -0.25) is 9.59 Å². The summed E-state index contributed by atoms with van der Waals surface area (Å²) < 4.78 is 11.3. The van der Waals surface area contributed by atoms with E-state index in [-0.39, 0.29) is 41.8 Å². The topological polar surface area (TPSA) is 113 Å². The van der Waals surface area contributed by atoms with Crippen LogP contribution in [-0.2, 0) is 17.6 Å². The summed E-state index contributed by atoms with van der Waals surface area (Å²) in [4.78, 5) is 32.2. The standard InChI is InChI=1S/C27H34N4O5/c1-2-36-25-11-24(27(34)31-20-7-8-21(31)16-35-15-20)29-14-23(25)26(33)30-13-22(32)12-28-19-9-17-5-3-4-6-18(17)10-19/h3-6,11,14,19-22,28,32H,2,7-10,12-13,15-16H2,1H3,(H,30,33). The van der Waals surface area contributed by atoms with E-state index in [1.54, 1.807) is 6.07 Å². The fourth-order valence-electron chi connectivity index (χ4n) is 5.48. The maximum atomic E-state index is 13.2. The van der Waals surface area contributed by atoms with Gasteiger partial charge in [-0.05, 0) is 43.7 Å². The van der Waals surface area contributed by atoms with E-state index in [4.69, 9.17) is 9.47 Å². The average molecular weight is 495 g/mol. The maximum Gasteiger partial charge on any atom is 0.273 e. The Morgan fingerprint density at radius 2 is 1.86 bits per heavy atom. The molecule has 0 spiro atoms. The summed E-state index contributed by atoms with van der Waals surface area (Å²) in [7, 11) is 0. The van der Waals surface area contributed by atoms with Crippen LogP contribution < -0.4 is 15.4 Å². The number of carbonyl (C=O) groups is 2. The van der Waals surface area contributed by atoms with Gasteiger partial charge in [0.25, 0.3) is 11.8 Å². The summed E-state index contributed by atoms with van der Waals surface area (Å²) in [5.41, 5.74) is 3.19. The first-order chi connectivity index (χ1) is 17.5. The third-order valence-corrected chi connectivity index (χ3v) is 7.30. The van der Waals surface area contributed by atoms with Gasteiger partial charge in [0.2, 0.25) is 0 Å². The number of hydrogen-bond acceptors (Lipinski definition) is 7. The number of nitrogens with zero attached hydrogens (tertiary/aromatic N) is 2. The lowest BCUT2D eigenvalue weighted by atomic mass is 10.1. The molecular formula is C27H34N4O5. The van der Waals surface area contributed by atoms with Crippen LogP contribution in [0.4, 0.5) is 0 Å². The molecule has 9 heteroatoms. The van der Waals surface area contributed by atoms with Crippen LogP contribution in [-0.4, -0.2) is 83.9 Å². The number of hydrogen-bond donors (Lipinski definition) is 3. The largest absolute Gasteiger partial charge is 0.493 e. The number of benzene rings is 1. The maximum absolute atomic E-state index is 13.2. The van der Waals surface area contributed by atoms with Gasteiger partial charge in [0, 0.05) is 31.4 Å². The summed E-state index contributed by atoms with van der Waals surface area (Å²) in [6.45, 7) is 3.73. The van der Waals surface area contributed by atoms with Crippen molar-refractivity contribution >= 4 is 11.8 Å². The zero-order valence-corrected chi connectivity index (χ0v) is 20.6. The fraction of sp³-hybridized carbons (Fsp3) is 0.519. The Labute approximate surface area is 211 Å². The van der Waals surface area contributed by atoms with Gasteiger partial charge in [0.05, 0.1) is 43.6 Å². The van der Waals surface area contributed by atoms with E-state index in [1.807, 2.05) is 24.0 Å². The Bertz CT molecular complexity index is 1070. The first kappa shape index (κ1) is 24.7. The van der Waals surface area contributed by atoms with Gasteiger partial charge in [0.1, 0.15) is 11.4 Å². The molecule has 36 heavy (non-hydrogen) atoms. The number of amides is 2. The molecule has 9 nitrogen and oxygen atoms in total. The van der Waals surface area contributed by atoms with Crippen LogP contribution in [0.25, 0.3) is 0 Å². The third-order valence-electron chi connectivity index (χ3n) is 7.30. The quantitative estimate of drug-likeness (QED) is 0.482. The predicted octanol–water partition coefficient (Wildman–Crippen LogP) is 1.33. The lowest BCUT2D eigenvalue weighted by Crippen LogP contribution is -2.49. The lowest BCUT2D eigenvalue weighted by molar-refractivity contribution is -0.00748. The van der Waals surface area contributed by atoms with Crippen LogP contribution in [0.2, 0.25) is 0 Å². The van der Waals surface area contributed by atoms with E-state index in [1.165, 1.54) is 17.3 Å². The van der Waals surface area contributed by atoms with Crippen molar-refractivity contribution < 1.29 is 24.2 Å². The SMILES string of the molecule is CCOc1cc(C(=O)N2C3CCC2COC3)ncc1C(=O)NCC(O)CNC1Cc2ccccc2C1. The summed E-state index contributed by atoms with van der Waals surface area (Å²) >= 11 is 0. The van der Waals surface area contributed by atoms with Crippen molar-refractivity contribution in [3.8, 4) is 5.75 Å². The number of ether oxygens (including phenoxy) is 2. The van der Waals surface area contributed by atoms with Gasteiger partial charge in [-0.25, -0.2) is 4.98 Å². The minimum atomic E-state index is -0.737. The Hall–Kier alpha value is -3.01. The summed E-state index contributed by atoms with van der Waals surface area (Å²) in [5, 5.41) is 16.6. The molecule has 1 aliphatic carbocycles. The molecule has 2 saturated heterocycles. The number of aliphatic hydroxyl groups is 1. The van der Waals surface area contributed by atoms with Gasteiger partial charge in [-0.1, -0.05) is 24.3 Å². The van der Waals surface area contributed by atoms with Gasteiger partial charge in [-0.2, -0.15) is 0 Å². The molecular weight excluding hydrogens is 460 g/mol. The van der Waals surface area contributed by atoms with Crippen molar-refractivity contribution in [1.82, 2.24) is 20.5 Å². The van der Waals surface area contributed by atoms with E-state index in [0.717, 1.165) is 25.7 Å². The van der Waals surface area contributed by atoms with E-state index in [0.29, 0.717) is 32.1 Å². The minimum absolute atomic E-state index is 0.0741. The van der Waals surface area contributed by atoms with Crippen molar-refractivity contribution in [2.75, 3.05) is 32.9 Å². The molecule has 1 aromatic heterocycles. The number of fused-ring (bicyclic) bond motifs is 3. The second kappa shape index (κ2) is 10.9. The summed E-state index contributed by atoms with van der Waals surface area (Å²) in [6, 6.07) is 10.4. The van der Waals surface area contributed by atoms with Crippen LogP contribution in [0, 0.1) is 0 Å². The van der Waals surface area contributed by atoms with Gasteiger partial charge >= 0.3 is 0 Å². The highest BCUT2D eigenvalue weighted by Gasteiger charge is 2.41. The third kappa shape index (κ3) is 5.23. The fourth-order valence-corrected chi connectivity index (χ4v) is 5.48. The first-order valence-corrected chi connectivity index (χ1v) is 12.8. The molecule has 3 atom stereocenters. The Morgan fingerprint density at radius 1 is 1.17 bits per heavy atom. The molecule has 3 heterocycles. The number of aromatic nitrogens is 1. The molecule has 3 unspecified atom stereocenters. The molecule has 5 rings (SSSR count). The molecule has 1 aromatic carbocycles. The molecule has 0 radical (unpaired) electrons. The van der Waals surface area contributed by atoms with Crippen molar-refractivity contribution in [2.24, 2.45) is 0 Å². The highest BCUT2D eigenvalue weighted by Crippen LogP contribution is 2.31. The van der Waals surface area contributed by atoms with Crippen LogP contribution >= 0.6 is 0 Å². The molecule has 3 N–H and O–H groups in total. The van der Waals surface area contributed by atoms with Crippen LogP contribution in [0.15, 0.2) is 36.5 Å². The number of nitrogens with one attached hydrogen (secondary N) is 2. The Morgan fingerprint density at radius 3 is 2.53 bits per heavy atom. The van der Waals surface area contributed by atoms with Crippen molar-refractivity contribution in [3.63, 3.8) is 0 Å². The molecule has 2 aliphatic heterocycles. The second-order valence-electron chi connectivity index (χ2n) is 9.78. The van der Waals surface area contributed by atoms with Crippen molar-refractivity contribution in [3.05, 3.63) is 58.9 Å². The van der Waals surface area contributed by atoms with Crippen molar-refractivity contribution in [2.45, 2.75) is 56.8 Å². The number of pyridine rings is 1. The Balaban J connectivity index is 1.16. The van der Waals surface area contributed by atoms with E-state index < -0.39 is 12.0 Å². The molecule has 2 aromatic rings. The molecule has 3 aliphatic rings. The Kier molecular flexibility index (Phi) is 7.50. The lowest BCUT2D eigenvalue weighted by Gasteiger charge is -2.34.